The maximum absolute atomic E-state index is 14.1. The highest BCUT2D eigenvalue weighted by Gasteiger charge is 2.40. The van der Waals surface area contributed by atoms with Crippen LogP contribution in [0.1, 0.15) is 57.0 Å². The molecule has 1 saturated heterocycles. The molecule has 2 heterocycles. The molecule has 2 atom stereocenters. The maximum Gasteiger partial charge on any atom is 0.330 e. The number of carbonyl (C=O) groups excluding carboxylic acids is 3. The number of carbonyl (C=O) groups is 3. The van der Waals surface area contributed by atoms with Crippen molar-refractivity contribution in [2.45, 2.75) is 58.0 Å². The summed E-state index contributed by atoms with van der Waals surface area (Å²) in [5.41, 5.74) is 8.44. The number of amidine groups is 1. The minimum Gasteiger partial charge on any atom is -0.464 e. The van der Waals surface area contributed by atoms with Crippen LogP contribution in [-0.4, -0.2) is 70.2 Å². The van der Waals surface area contributed by atoms with Crippen molar-refractivity contribution < 1.29 is 19.1 Å². The van der Waals surface area contributed by atoms with Gasteiger partial charge in [-0.2, -0.15) is 0 Å². The van der Waals surface area contributed by atoms with Crippen LogP contribution in [0.2, 0.25) is 0 Å². The Kier molecular flexibility index (Phi) is 11.3. The summed E-state index contributed by atoms with van der Waals surface area (Å²) < 4.78 is 7.11. The fraction of sp³-hybridized carbons (Fsp3) is 0.452. The summed E-state index contributed by atoms with van der Waals surface area (Å²) in [4.78, 5) is 45.6. The van der Waals surface area contributed by atoms with Crippen LogP contribution in [0.25, 0.3) is 11.0 Å². The molecule has 1 aliphatic heterocycles. The number of hydrogen-bond donors (Lipinski definition) is 4. The molecule has 0 spiro atoms. The number of aromatic nitrogens is 2. The first-order chi connectivity index (χ1) is 20.0. The van der Waals surface area contributed by atoms with Gasteiger partial charge < -0.3 is 25.3 Å². The number of Topliss-reactive ketones (excluding diaryl/α,β-unsaturated/α-hetero) is 1. The molecule has 43 heavy (non-hydrogen) atoms. The van der Waals surface area contributed by atoms with Gasteiger partial charge in [-0.1, -0.05) is 6.07 Å². The second kappa shape index (κ2) is 14.5. The Bertz CT molecular complexity index is 1470. The largest absolute Gasteiger partial charge is 0.464 e. The Morgan fingerprint density at radius 2 is 1.79 bits per heavy atom. The summed E-state index contributed by atoms with van der Waals surface area (Å²) in [6.45, 7) is 6.94. The first-order valence-corrected chi connectivity index (χ1v) is 14.4. The van der Waals surface area contributed by atoms with Gasteiger partial charge in [-0.15, -0.1) is 12.4 Å². The lowest BCUT2D eigenvalue weighted by atomic mass is 9.80. The number of nitrogens with two attached hydrogens (primary N) is 1. The zero-order valence-corrected chi connectivity index (χ0v) is 26.1. The molecular formula is C31H42ClN7O4. The standard InChI is InChI=1S/C31H41N7O4.ClH/c1-5-42-29(40)27(20(2)39)35-19-31(3,30(41)38-15-7-6-8-16-38)22-11-14-25-24(17-22)36-26(37(25)4)18-34-23-12-9-21(10-13-23)28(32)33;/h9-14,17,27,34-35H,5-8,15-16,18-19H2,1-4H3,(H3,32,33);1H. The van der Waals surface area contributed by atoms with Crippen LogP contribution in [0, 0.1) is 5.41 Å². The minimum absolute atomic E-state index is 0. The molecule has 1 aliphatic rings. The zero-order valence-electron chi connectivity index (χ0n) is 25.2. The molecular weight excluding hydrogens is 570 g/mol. The van der Waals surface area contributed by atoms with E-state index in [2.05, 4.69) is 10.6 Å². The highest BCUT2D eigenvalue weighted by molar-refractivity contribution is 6.02. The Morgan fingerprint density at radius 3 is 2.40 bits per heavy atom. The van der Waals surface area contributed by atoms with E-state index in [1.807, 2.05) is 53.8 Å². The van der Waals surface area contributed by atoms with E-state index in [4.69, 9.17) is 20.9 Å². The van der Waals surface area contributed by atoms with Crippen LogP contribution in [-0.2, 0) is 38.1 Å². The topological polar surface area (TPSA) is 155 Å². The molecule has 3 aromatic rings. The zero-order chi connectivity index (χ0) is 30.4. The molecule has 12 heteroatoms. The number of benzene rings is 2. The fourth-order valence-corrected chi connectivity index (χ4v) is 5.37. The molecule has 232 valence electrons. The predicted molar refractivity (Wildman–Crippen MR) is 170 cm³/mol. The van der Waals surface area contributed by atoms with Crippen LogP contribution in [0.5, 0.6) is 0 Å². The molecule has 1 amide bonds. The fourth-order valence-electron chi connectivity index (χ4n) is 5.37. The number of amides is 1. The predicted octanol–water partition coefficient (Wildman–Crippen LogP) is 3.27. The lowest BCUT2D eigenvalue weighted by molar-refractivity contribution is -0.149. The lowest BCUT2D eigenvalue weighted by Gasteiger charge is -2.37. The second-order valence-electron chi connectivity index (χ2n) is 11.0. The molecule has 0 aliphatic carbocycles. The average Bonchev–Trinajstić information content (AvgIpc) is 3.30. The number of nitrogens with zero attached hydrogens (tertiary/aromatic N) is 3. The number of fused-ring (bicyclic) bond motifs is 1. The van der Waals surface area contributed by atoms with Gasteiger partial charge in [0, 0.05) is 37.9 Å². The van der Waals surface area contributed by atoms with Gasteiger partial charge in [0.2, 0.25) is 5.91 Å². The summed E-state index contributed by atoms with van der Waals surface area (Å²) in [5.74, 6) is -0.238. The van der Waals surface area contributed by atoms with Crippen molar-refractivity contribution in [3.05, 3.63) is 59.4 Å². The first-order valence-electron chi connectivity index (χ1n) is 14.4. The third-order valence-corrected chi connectivity index (χ3v) is 7.96. The number of nitrogens with one attached hydrogen (secondary N) is 3. The summed E-state index contributed by atoms with van der Waals surface area (Å²) in [7, 11) is 1.95. The molecule has 1 fully saturated rings. The van der Waals surface area contributed by atoms with Gasteiger partial charge >= 0.3 is 5.97 Å². The van der Waals surface area contributed by atoms with Crippen LogP contribution in [0.3, 0.4) is 0 Å². The van der Waals surface area contributed by atoms with Gasteiger partial charge in [-0.25, -0.2) is 9.78 Å². The van der Waals surface area contributed by atoms with Gasteiger partial charge in [-0.05, 0) is 82.0 Å². The molecule has 2 unspecified atom stereocenters. The molecule has 2 aromatic carbocycles. The van der Waals surface area contributed by atoms with Crippen molar-refractivity contribution in [1.82, 2.24) is 19.8 Å². The first kappa shape index (κ1) is 33.5. The summed E-state index contributed by atoms with van der Waals surface area (Å²) in [6, 6.07) is 12.0. The number of likely N-dealkylation sites (tertiary alicyclic amines) is 1. The lowest BCUT2D eigenvalue weighted by Crippen LogP contribution is -2.55. The van der Waals surface area contributed by atoms with Crippen LogP contribution >= 0.6 is 12.4 Å². The van der Waals surface area contributed by atoms with Crippen molar-refractivity contribution in [2.24, 2.45) is 12.8 Å². The van der Waals surface area contributed by atoms with Crippen molar-refractivity contribution in [2.75, 3.05) is 31.6 Å². The number of nitrogen functional groups attached to an aromatic ring is 1. The van der Waals surface area contributed by atoms with Crippen molar-refractivity contribution >= 4 is 52.6 Å². The summed E-state index contributed by atoms with van der Waals surface area (Å²) in [5, 5.41) is 14.0. The van der Waals surface area contributed by atoms with Crippen LogP contribution in [0.15, 0.2) is 42.5 Å². The number of halogens is 1. The monoisotopic (exact) mass is 611 g/mol. The Hall–Kier alpha value is -3.96. The molecule has 11 nitrogen and oxygen atoms in total. The molecule has 1 aromatic heterocycles. The number of aryl methyl sites for hydroxylation is 1. The Balaban J connectivity index is 0.00000506. The van der Waals surface area contributed by atoms with E-state index in [0.717, 1.165) is 47.4 Å². The molecule has 0 bridgehead atoms. The third-order valence-electron chi connectivity index (χ3n) is 7.96. The third kappa shape index (κ3) is 7.52. The van der Waals surface area contributed by atoms with E-state index >= 15 is 0 Å². The van der Waals surface area contributed by atoms with Gasteiger partial charge in [-0.3, -0.25) is 20.3 Å². The number of piperidine rings is 1. The Labute approximate surface area is 258 Å². The number of hydrogen-bond acceptors (Lipinski definition) is 8. The van der Waals surface area contributed by atoms with Gasteiger partial charge in [0.25, 0.3) is 0 Å². The molecule has 5 N–H and O–H groups in total. The van der Waals surface area contributed by atoms with E-state index in [-0.39, 0.29) is 43.1 Å². The number of esters is 1. The van der Waals surface area contributed by atoms with Gasteiger partial charge in [0.1, 0.15) is 11.7 Å². The van der Waals surface area contributed by atoms with Crippen molar-refractivity contribution in [3.63, 3.8) is 0 Å². The number of anilines is 1. The normalized spacial score (nSPS) is 15.2. The Morgan fingerprint density at radius 1 is 1.12 bits per heavy atom. The SMILES string of the molecule is CCOC(=O)C(NCC(C)(C(=O)N1CCCCC1)c1ccc2c(c1)nc(CNc1ccc(C(=N)N)cc1)n2C)C(C)=O.Cl. The summed E-state index contributed by atoms with van der Waals surface area (Å²) >= 11 is 0. The van der Waals surface area contributed by atoms with Crippen molar-refractivity contribution in [1.29, 1.82) is 5.41 Å². The summed E-state index contributed by atoms with van der Waals surface area (Å²) in [6.07, 6.45) is 2.98. The highest BCUT2D eigenvalue weighted by atomic mass is 35.5. The minimum atomic E-state index is -1.15. The van der Waals surface area contributed by atoms with Gasteiger partial charge in [0.05, 0.1) is 29.6 Å². The number of imidazole rings is 1. The average molecular weight is 612 g/mol. The van der Waals surface area contributed by atoms with E-state index < -0.39 is 17.4 Å². The quantitative estimate of drug-likeness (QED) is 0.105. The smallest absolute Gasteiger partial charge is 0.330 e. The number of ether oxygens (including phenoxy) is 1. The van der Waals surface area contributed by atoms with Crippen LogP contribution < -0.4 is 16.4 Å². The second-order valence-corrected chi connectivity index (χ2v) is 11.0. The number of ketones is 1. The maximum atomic E-state index is 14.1. The molecule has 0 radical (unpaired) electrons. The van der Waals surface area contributed by atoms with E-state index in [9.17, 15) is 14.4 Å². The molecule has 4 rings (SSSR count). The highest BCUT2D eigenvalue weighted by Crippen LogP contribution is 2.31. The van der Waals surface area contributed by atoms with Crippen molar-refractivity contribution in [3.8, 4) is 0 Å². The van der Waals surface area contributed by atoms with Gasteiger partial charge in [0.15, 0.2) is 11.8 Å². The molecule has 0 saturated carbocycles. The van der Waals surface area contributed by atoms with Crippen LogP contribution in [0.4, 0.5) is 5.69 Å². The van der Waals surface area contributed by atoms with E-state index in [1.165, 1.54) is 6.92 Å². The number of rotatable bonds is 12. The van der Waals surface area contributed by atoms with E-state index in [0.29, 0.717) is 25.2 Å². The van der Waals surface area contributed by atoms with E-state index in [1.54, 1.807) is 19.1 Å².